The molecule has 2 heterocycles. The first-order valence-corrected chi connectivity index (χ1v) is 9.60. The van der Waals surface area contributed by atoms with Crippen LogP contribution in [0.15, 0.2) is 58.7 Å². The second-order valence-electron chi connectivity index (χ2n) is 5.80. The van der Waals surface area contributed by atoms with Crippen molar-refractivity contribution in [2.45, 2.75) is 6.54 Å². The van der Waals surface area contributed by atoms with E-state index >= 15 is 0 Å². The maximum absolute atomic E-state index is 13.3. The van der Waals surface area contributed by atoms with Crippen molar-refractivity contribution < 1.29 is 4.39 Å². The van der Waals surface area contributed by atoms with Crippen LogP contribution in [0.3, 0.4) is 0 Å². The summed E-state index contributed by atoms with van der Waals surface area (Å²) in [4.78, 5) is 17.5. The van der Waals surface area contributed by atoms with Gasteiger partial charge >= 0.3 is 0 Å². The van der Waals surface area contributed by atoms with Crippen molar-refractivity contribution in [1.29, 1.82) is 0 Å². The van der Waals surface area contributed by atoms with Crippen molar-refractivity contribution in [2.24, 2.45) is 0 Å². The third-order valence-electron chi connectivity index (χ3n) is 4.01. The maximum atomic E-state index is 13.3. The first-order chi connectivity index (χ1) is 13.0. The fourth-order valence-electron chi connectivity index (χ4n) is 2.67. The smallest absolute Gasteiger partial charge is 0.290 e. The zero-order valence-electron chi connectivity index (χ0n) is 13.7. The number of halogens is 3. The lowest BCUT2D eigenvalue weighted by Gasteiger charge is -2.15. The van der Waals surface area contributed by atoms with Gasteiger partial charge in [0, 0.05) is 5.56 Å². The summed E-state index contributed by atoms with van der Waals surface area (Å²) in [5.74, 6) is 0.0546. The fourth-order valence-corrected chi connectivity index (χ4v) is 3.75. The van der Waals surface area contributed by atoms with E-state index in [1.165, 1.54) is 28.1 Å². The fraction of sp³-hybridized carbons (Fsp3) is 0.0526. The van der Waals surface area contributed by atoms with Crippen LogP contribution in [0, 0.1) is 5.82 Å². The lowest BCUT2D eigenvalue weighted by Crippen LogP contribution is -2.30. The Labute approximate surface area is 167 Å². The molecule has 4 nitrogen and oxygen atoms in total. The van der Waals surface area contributed by atoms with E-state index in [9.17, 15) is 9.18 Å². The summed E-state index contributed by atoms with van der Waals surface area (Å²) in [5.41, 5.74) is 4.97. The van der Waals surface area contributed by atoms with E-state index in [1.807, 2.05) is 11.4 Å². The highest BCUT2D eigenvalue weighted by Crippen LogP contribution is 2.24. The summed E-state index contributed by atoms with van der Waals surface area (Å²) in [6, 6.07) is 12.9. The molecule has 0 saturated carbocycles. The van der Waals surface area contributed by atoms with Crippen molar-refractivity contribution in [3.05, 3.63) is 85.7 Å². The van der Waals surface area contributed by atoms with Crippen LogP contribution in [-0.4, -0.2) is 9.66 Å². The molecule has 136 valence electrons. The molecule has 0 aliphatic carbocycles. The highest BCUT2D eigenvalue weighted by Gasteiger charge is 2.14. The molecule has 27 heavy (non-hydrogen) atoms. The molecule has 0 atom stereocenters. The molecule has 0 aliphatic rings. The second-order valence-corrected chi connectivity index (χ2v) is 7.53. The number of thiophene rings is 1. The first-order valence-electron chi connectivity index (χ1n) is 7.97. The predicted octanol–water partition coefficient (Wildman–Crippen LogP) is 5.31. The van der Waals surface area contributed by atoms with Crippen LogP contribution in [0.1, 0.15) is 5.56 Å². The van der Waals surface area contributed by atoms with Crippen molar-refractivity contribution >= 4 is 44.8 Å². The van der Waals surface area contributed by atoms with Crippen LogP contribution in [0.25, 0.3) is 21.6 Å². The molecule has 0 aliphatic heterocycles. The summed E-state index contributed by atoms with van der Waals surface area (Å²) in [6.07, 6.45) is 0. The molecule has 0 amide bonds. The van der Waals surface area contributed by atoms with Crippen LogP contribution in [-0.2, 0) is 6.54 Å². The van der Waals surface area contributed by atoms with Gasteiger partial charge in [-0.1, -0.05) is 29.3 Å². The highest BCUT2D eigenvalue weighted by atomic mass is 35.5. The van der Waals surface area contributed by atoms with Gasteiger partial charge in [-0.15, -0.1) is 11.3 Å². The Morgan fingerprint density at radius 2 is 1.85 bits per heavy atom. The molecule has 0 saturated heterocycles. The van der Waals surface area contributed by atoms with Crippen molar-refractivity contribution in [1.82, 2.24) is 9.66 Å². The van der Waals surface area contributed by atoms with Crippen molar-refractivity contribution in [3.8, 4) is 11.4 Å². The minimum atomic E-state index is -0.354. The van der Waals surface area contributed by atoms with Crippen LogP contribution < -0.4 is 11.0 Å². The minimum Gasteiger partial charge on any atom is -0.317 e. The van der Waals surface area contributed by atoms with Crippen molar-refractivity contribution in [2.75, 3.05) is 5.43 Å². The lowest BCUT2D eigenvalue weighted by atomic mass is 10.2. The Kier molecular flexibility index (Phi) is 4.86. The van der Waals surface area contributed by atoms with E-state index < -0.39 is 0 Å². The monoisotopic (exact) mass is 419 g/mol. The standard InChI is InChI=1S/C19H12Cl2FN3OS/c20-14-6-1-11(9-15(14)21)10-23-25-18(12-2-4-13(22)5-3-12)24-16-7-8-27-17(16)19(25)26/h1-9,23H,10H2. The van der Waals surface area contributed by atoms with Gasteiger partial charge in [-0.3, -0.25) is 4.79 Å². The predicted molar refractivity (Wildman–Crippen MR) is 109 cm³/mol. The second kappa shape index (κ2) is 7.31. The normalized spacial score (nSPS) is 11.1. The molecule has 0 fully saturated rings. The Morgan fingerprint density at radius 3 is 2.59 bits per heavy atom. The van der Waals surface area contributed by atoms with Crippen LogP contribution >= 0.6 is 34.5 Å². The molecule has 0 unspecified atom stereocenters. The number of hydrogen-bond acceptors (Lipinski definition) is 4. The first kappa shape index (κ1) is 18.0. The van der Waals surface area contributed by atoms with Gasteiger partial charge in [0.15, 0.2) is 5.82 Å². The van der Waals surface area contributed by atoms with E-state index in [4.69, 9.17) is 23.2 Å². The van der Waals surface area contributed by atoms with E-state index in [2.05, 4.69) is 10.4 Å². The largest absolute Gasteiger partial charge is 0.317 e. The molecule has 4 rings (SSSR count). The third kappa shape index (κ3) is 3.56. The van der Waals surface area contributed by atoms with Gasteiger partial charge in [0.1, 0.15) is 10.5 Å². The Morgan fingerprint density at radius 1 is 1.07 bits per heavy atom. The number of rotatable bonds is 4. The van der Waals surface area contributed by atoms with Gasteiger partial charge in [0.25, 0.3) is 5.56 Å². The van der Waals surface area contributed by atoms with E-state index in [0.29, 0.717) is 38.2 Å². The van der Waals surface area contributed by atoms with Crippen LogP contribution in [0.2, 0.25) is 10.0 Å². The molecule has 2 aromatic heterocycles. The molecule has 1 N–H and O–H groups in total. The molecule has 8 heteroatoms. The molecule has 0 spiro atoms. The minimum absolute atomic E-state index is 0.214. The van der Waals surface area contributed by atoms with E-state index in [-0.39, 0.29) is 11.4 Å². The Hall–Kier alpha value is -2.41. The maximum Gasteiger partial charge on any atom is 0.290 e. The van der Waals surface area contributed by atoms with E-state index in [1.54, 1.807) is 30.3 Å². The SMILES string of the molecule is O=c1c2sccc2nc(-c2ccc(F)cc2)n1NCc1ccc(Cl)c(Cl)c1. The third-order valence-corrected chi connectivity index (χ3v) is 5.64. The molecule has 0 bridgehead atoms. The van der Waals surface area contributed by atoms with E-state index in [0.717, 1.165) is 5.56 Å². The molecular formula is C19H12Cl2FN3OS. The topological polar surface area (TPSA) is 46.9 Å². The Bertz CT molecular complexity index is 1190. The van der Waals surface area contributed by atoms with Gasteiger partial charge < -0.3 is 5.43 Å². The van der Waals surface area contributed by atoms with Gasteiger partial charge in [0.2, 0.25) is 0 Å². The number of fused-ring (bicyclic) bond motifs is 1. The van der Waals surface area contributed by atoms with Crippen LogP contribution in [0.4, 0.5) is 4.39 Å². The highest BCUT2D eigenvalue weighted by molar-refractivity contribution is 7.17. The van der Waals surface area contributed by atoms with Gasteiger partial charge in [0.05, 0.1) is 22.1 Å². The molecule has 0 radical (unpaired) electrons. The number of aromatic nitrogens is 2. The summed E-state index contributed by atoms with van der Waals surface area (Å²) >= 11 is 13.3. The number of nitrogens with zero attached hydrogens (tertiary/aromatic N) is 2. The quantitative estimate of drug-likeness (QED) is 0.487. The summed E-state index contributed by atoms with van der Waals surface area (Å²) in [5, 5.41) is 2.72. The van der Waals surface area contributed by atoms with Gasteiger partial charge in [-0.25, -0.2) is 14.1 Å². The Balaban J connectivity index is 1.78. The summed E-state index contributed by atoms with van der Waals surface area (Å²) < 4.78 is 15.2. The summed E-state index contributed by atoms with van der Waals surface area (Å²) in [7, 11) is 0. The zero-order chi connectivity index (χ0) is 19.0. The number of hydrogen-bond donors (Lipinski definition) is 1. The van der Waals surface area contributed by atoms with Crippen LogP contribution in [0.5, 0.6) is 0 Å². The zero-order valence-corrected chi connectivity index (χ0v) is 16.1. The molecule has 4 aromatic rings. The van der Waals surface area contributed by atoms with Gasteiger partial charge in [-0.2, -0.15) is 0 Å². The molecule has 2 aromatic carbocycles. The van der Waals surface area contributed by atoms with Gasteiger partial charge in [-0.05, 0) is 53.4 Å². The average Bonchev–Trinajstić information content (AvgIpc) is 3.13. The molecular weight excluding hydrogens is 408 g/mol. The van der Waals surface area contributed by atoms with Crippen molar-refractivity contribution in [3.63, 3.8) is 0 Å². The lowest BCUT2D eigenvalue weighted by molar-refractivity contribution is 0.628. The number of benzene rings is 2. The number of nitrogens with one attached hydrogen (secondary N) is 1. The average molecular weight is 420 g/mol. The summed E-state index contributed by atoms with van der Waals surface area (Å²) in [6.45, 7) is 0.337.